The molecule has 116 valence electrons. The molecule has 0 aliphatic heterocycles. The van der Waals surface area contributed by atoms with Crippen molar-refractivity contribution >= 4 is 11.8 Å². The van der Waals surface area contributed by atoms with Crippen LogP contribution in [-0.4, -0.2) is 36.3 Å². The Morgan fingerprint density at radius 1 is 1.19 bits per heavy atom. The van der Waals surface area contributed by atoms with Crippen molar-refractivity contribution in [3.63, 3.8) is 0 Å². The molecular weight excluding hydrogens is 266 g/mol. The van der Waals surface area contributed by atoms with Gasteiger partial charge < -0.3 is 16.0 Å². The first-order chi connectivity index (χ1) is 9.87. The van der Waals surface area contributed by atoms with Crippen LogP contribution in [0.15, 0.2) is 24.3 Å². The summed E-state index contributed by atoms with van der Waals surface area (Å²) in [6.07, 6.45) is 1.23. The van der Waals surface area contributed by atoms with Crippen LogP contribution in [0, 0.1) is 0 Å². The van der Waals surface area contributed by atoms with E-state index in [1.165, 1.54) is 0 Å². The van der Waals surface area contributed by atoms with Gasteiger partial charge in [-0.1, -0.05) is 26.0 Å². The topological polar surface area (TPSA) is 75.4 Å². The molecule has 5 nitrogen and oxygen atoms in total. The molecule has 3 N–H and O–H groups in total. The zero-order valence-electron chi connectivity index (χ0n) is 13.3. The molecule has 0 saturated carbocycles. The van der Waals surface area contributed by atoms with Gasteiger partial charge in [-0.15, -0.1) is 0 Å². The first kappa shape index (κ1) is 17.2. The number of hydrogen-bond donors (Lipinski definition) is 2. The highest BCUT2D eigenvalue weighted by atomic mass is 16.2. The van der Waals surface area contributed by atoms with E-state index >= 15 is 0 Å². The zero-order valence-corrected chi connectivity index (χ0v) is 13.3. The van der Waals surface area contributed by atoms with Crippen molar-refractivity contribution in [2.75, 3.05) is 14.1 Å². The van der Waals surface area contributed by atoms with Gasteiger partial charge in [0.1, 0.15) is 0 Å². The number of carbonyl (C=O) groups is 2. The largest absolute Gasteiger partial charge is 0.355 e. The molecule has 21 heavy (non-hydrogen) atoms. The van der Waals surface area contributed by atoms with Crippen molar-refractivity contribution in [2.24, 2.45) is 5.73 Å². The van der Waals surface area contributed by atoms with E-state index in [4.69, 9.17) is 5.73 Å². The fourth-order valence-electron chi connectivity index (χ4n) is 2.18. The number of carbonyl (C=O) groups excluding carboxylic acids is 2. The average molecular weight is 291 g/mol. The van der Waals surface area contributed by atoms with Crippen LogP contribution in [0.2, 0.25) is 0 Å². The molecule has 0 heterocycles. The first-order valence-electron chi connectivity index (χ1n) is 7.23. The molecule has 0 radical (unpaired) electrons. The molecule has 5 heteroatoms. The highest BCUT2D eigenvalue weighted by Crippen LogP contribution is 2.16. The summed E-state index contributed by atoms with van der Waals surface area (Å²) >= 11 is 0. The van der Waals surface area contributed by atoms with E-state index in [0.717, 1.165) is 5.56 Å². The van der Waals surface area contributed by atoms with Gasteiger partial charge >= 0.3 is 0 Å². The molecule has 0 aliphatic carbocycles. The van der Waals surface area contributed by atoms with E-state index in [9.17, 15) is 9.59 Å². The Bertz CT molecular complexity index is 493. The molecular formula is C16H25N3O2. The first-order valence-corrected chi connectivity index (χ1v) is 7.23. The minimum Gasteiger partial charge on any atom is -0.355 e. The van der Waals surface area contributed by atoms with E-state index in [2.05, 4.69) is 5.32 Å². The van der Waals surface area contributed by atoms with Gasteiger partial charge in [-0.05, 0) is 30.5 Å². The van der Waals surface area contributed by atoms with E-state index in [1.807, 2.05) is 26.0 Å². The number of nitrogens with one attached hydrogen (secondary N) is 1. The van der Waals surface area contributed by atoms with E-state index < -0.39 is 5.54 Å². The smallest absolute Gasteiger partial charge is 0.251 e. The second-order valence-corrected chi connectivity index (χ2v) is 5.30. The van der Waals surface area contributed by atoms with E-state index in [1.54, 1.807) is 31.1 Å². The lowest BCUT2D eigenvalue weighted by Gasteiger charge is -2.30. The van der Waals surface area contributed by atoms with Gasteiger partial charge in [-0.25, -0.2) is 0 Å². The highest BCUT2D eigenvalue weighted by Gasteiger charge is 2.32. The number of rotatable bonds is 6. The van der Waals surface area contributed by atoms with Gasteiger partial charge in [-0.3, -0.25) is 9.59 Å². The van der Waals surface area contributed by atoms with Gasteiger partial charge in [0.2, 0.25) is 5.91 Å². The maximum absolute atomic E-state index is 12.4. The molecule has 0 fully saturated rings. The maximum Gasteiger partial charge on any atom is 0.251 e. The Balaban J connectivity index is 2.77. The quantitative estimate of drug-likeness (QED) is 0.834. The number of nitrogens with zero attached hydrogens (tertiary/aromatic N) is 1. The zero-order chi connectivity index (χ0) is 16.0. The Labute approximate surface area is 126 Å². The van der Waals surface area contributed by atoms with Crippen LogP contribution in [0.25, 0.3) is 0 Å². The summed E-state index contributed by atoms with van der Waals surface area (Å²) in [6.45, 7) is 4.33. The van der Waals surface area contributed by atoms with Gasteiger partial charge in [0.25, 0.3) is 5.91 Å². The summed E-state index contributed by atoms with van der Waals surface area (Å²) in [7, 11) is 3.35. The number of hydrogen-bond acceptors (Lipinski definition) is 3. The minimum absolute atomic E-state index is 0.0529. The predicted molar refractivity (Wildman–Crippen MR) is 83.8 cm³/mol. The van der Waals surface area contributed by atoms with Crippen LogP contribution < -0.4 is 11.1 Å². The highest BCUT2D eigenvalue weighted by molar-refractivity contribution is 5.94. The standard InChI is InChI=1S/C16H25N3O2/c1-5-16(17,6-2)15(21)19(4)11-12-7-9-13(10-8-12)14(20)18-3/h7-10H,5-6,11,17H2,1-4H3,(H,18,20). The van der Waals surface area contributed by atoms with Crippen molar-refractivity contribution < 1.29 is 9.59 Å². The third-order valence-electron chi connectivity index (χ3n) is 3.90. The number of benzene rings is 1. The van der Waals surface area contributed by atoms with Gasteiger partial charge in [0.05, 0.1) is 5.54 Å². The lowest BCUT2D eigenvalue weighted by Crippen LogP contribution is -2.53. The molecule has 2 amide bonds. The Hall–Kier alpha value is -1.88. The molecule has 0 saturated heterocycles. The predicted octanol–water partition coefficient (Wildman–Crippen LogP) is 1.52. The summed E-state index contributed by atoms with van der Waals surface area (Å²) in [5.41, 5.74) is 6.91. The molecule has 0 aromatic heterocycles. The molecule has 1 aromatic rings. The monoisotopic (exact) mass is 291 g/mol. The van der Waals surface area contributed by atoms with Gasteiger partial charge in [-0.2, -0.15) is 0 Å². The van der Waals surface area contributed by atoms with Crippen LogP contribution in [0.1, 0.15) is 42.6 Å². The van der Waals surface area contributed by atoms with Crippen LogP contribution in [0.5, 0.6) is 0 Å². The fraction of sp³-hybridized carbons (Fsp3) is 0.500. The van der Waals surface area contributed by atoms with Gasteiger partial charge in [0, 0.05) is 26.2 Å². The van der Waals surface area contributed by atoms with Crippen LogP contribution in [-0.2, 0) is 11.3 Å². The number of nitrogens with two attached hydrogens (primary N) is 1. The van der Waals surface area contributed by atoms with E-state index in [0.29, 0.717) is 24.9 Å². The third-order valence-corrected chi connectivity index (χ3v) is 3.90. The van der Waals surface area contributed by atoms with Crippen LogP contribution in [0.3, 0.4) is 0 Å². The lowest BCUT2D eigenvalue weighted by molar-refractivity contribution is -0.136. The number of likely N-dealkylation sites (N-methyl/N-ethyl adjacent to an activating group) is 1. The van der Waals surface area contributed by atoms with Crippen LogP contribution in [0.4, 0.5) is 0 Å². The van der Waals surface area contributed by atoms with Crippen molar-refractivity contribution in [1.82, 2.24) is 10.2 Å². The summed E-state index contributed by atoms with van der Waals surface area (Å²) in [5, 5.41) is 2.57. The Kier molecular flexibility index (Phi) is 5.90. The normalized spacial score (nSPS) is 11.1. The fourth-order valence-corrected chi connectivity index (χ4v) is 2.18. The Morgan fingerprint density at radius 2 is 1.71 bits per heavy atom. The summed E-state index contributed by atoms with van der Waals surface area (Å²) in [4.78, 5) is 25.5. The van der Waals surface area contributed by atoms with E-state index in [-0.39, 0.29) is 11.8 Å². The van der Waals surface area contributed by atoms with Crippen molar-refractivity contribution in [3.8, 4) is 0 Å². The van der Waals surface area contributed by atoms with Crippen molar-refractivity contribution in [1.29, 1.82) is 0 Å². The SMILES string of the molecule is CCC(N)(CC)C(=O)N(C)Cc1ccc(C(=O)NC)cc1. The summed E-state index contributed by atoms with van der Waals surface area (Å²) in [6, 6.07) is 7.21. The second-order valence-electron chi connectivity index (χ2n) is 5.30. The molecule has 0 bridgehead atoms. The minimum atomic E-state index is -0.795. The summed E-state index contributed by atoms with van der Waals surface area (Å²) < 4.78 is 0. The third kappa shape index (κ3) is 4.04. The molecule has 1 rings (SSSR count). The Morgan fingerprint density at radius 3 is 2.14 bits per heavy atom. The van der Waals surface area contributed by atoms with Gasteiger partial charge in [0.15, 0.2) is 0 Å². The average Bonchev–Trinajstić information content (AvgIpc) is 2.53. The molecule has 0 aliphatic rings. The number of amides is 2. The molecule has 0 spiro atoms. The van der Waals surface area contributed by atoms with Crippen molar-refractivity contribution in [3.05, 3.63) is 35.4 Å². The molecule has 0 atom stereocenters. The lowest BCUT2D eigenvalue weighted by atomic mass is 9.92. The van der Waals surface area contributed by atoms with Crippen LogP contribution >= 0.6 is 0 Å². The second kappa shape index (κ2) is 7.22. The van der Waals surface area contributed by atoms with Crippen molar-refractivity contribution in [2.45, 2.75) is 38.8 Å². The molecule has 0 unspecified atom stereocenters. The summed E-state index contributed by atoms with van der Waals surface area (Å²) in [5.74, 6) is -0.174. The molecule has 1 aromatic carbocycles. The maximum atomic E-state index is 12.4.